The molecule has 0 aliphatic rings. The fraction of sp³-hybridized carbons (Fsp3) is 0.538. The van der Waals surface area contributed by atoms with E-state index in [2.05, 4.69) is 35.6 Å². The van der Waals surface area contributed by atoms with Crippen LogP contribution in [0.1, 0.15) is 24.7 Å². The maximum Gasteiger partial charge on any atom is 0.292 e. The zero-order valence-electron chi connectivity index (χ0n) is 34.4. The Labute approximate surface area is 352 Å². The number of anilines is 2. The van der Waals surface area contributed by atoms with Crippen molar-refractivity contribution in [3.8, 4) is 11.3 Å². The highest BCUT2D eigenvalue weighted by molar-refractivity contribution is 5.99. The lowest BCUT2D eigenvalue weighted by Gasteiger charge is -2.09. The van der Waals surface area contributed by atoms with E-state index in [0.29, 0.717) is 152 Å². The van der Waals surface area contributed by atoms with Crippen molar-refractivity contribution in [3.63, 3.8) is 0 Å². The van der Waals surface area contributed by atoms with Crippen LogP contribution in [0.4, 0.5) is 11.8 Å². The first-order valence-electron chi connectivity index (χ1n) is 19.9. The van der Waals surface area contributed by atoms with Crippen LogP contribution in [0.15, 0.2) is 41.3 Å². The number of aromatic nitrogens is 7. The molecule has 61 heavy (non-hydrogen) atoms. The number of amides is 2. The Kier molecular flexibility index (Phi) is 20.4. The maximum absolute atomic E-state index is 12.3. The molecule has 2 amide bonds. The number of carbonyl (C=O) groups excluding carboxylic acids is 2. The van der Waals surface area contributed by atoms with E-state index < -0.39 is 0 Å². The third kappa shape index (κ3) is 16.8. The molecule has 4 aromatic heterocycles. The van der Waals surface area contributed by atoms with Crippen molar-refractivity contribution < 1.29 is 51.9 Å². The summed E-state index contributed by atoms with van der Waals surface area (Å²) < 4.78 is 50.8. The molecule has 22 heteroatoms. The highest BCUT2D eigenvalue weighted by atomic mass is 16.6. The van der Waals surface area contributed by atoms with E-state index in [9.17, 15) is 9.59 Å². The molecule has 5 rings (SSSR count). The molecule has 6 N–H and O–H groups in total. The average molecular weight is 854 g/mol. The Bertz CT molecular complexity index is 2050. The summed E-state index contributed by atoms with van der Waals surface area (Å²) >= 11 is 0. The van der Waals surface area contributed by atoms with Crippen molar-refractivity contribution in [2.75, 3.05) is 124 Å². The van der Waals surface area contributed by atoms with Crippen LogP contribution < -0.4 is 22.1 Å². The molecule has 0 saturated heterocycles. The van der Waals surface area contributed by atoms with Crippen molar-refractivity contribution in [3.05, 3.63) is 48.3 Å². The maximum atomic E-state index is 12.3. The Hall–Kier alpha value is -5.46. The van der Waals surface area contributed by atoms with E-state index in [-0.39, 0.29) is 37.4 Å². The third-order valence-electron chi connectivity index (χ3n) is 8.47. The summed E-state index contributed by atoms with van der Waals surface area (Å²) in [5, 5.41) is 10.9. The van der Waals surface area contributed by atoms with Crippen molar-refractivity contribution in [1.29, 1.82) is 0 Å². The van der Waals surface area contributed by atoms with E-state index in [1.165, 1.54) is 13.3 Å². The summed E-state index contributed by atoms with van der Waals surface area (Å²) in [4.78, 5) is 44.7. The Morgan fingerprint density at radius 2 is 1.26 bits per heavy atom. The summed E-state index contributed by atoms with van der Waals surface area (Å²) in [6, 6.07) is 5.51. The molecule has 0 radical (unpaired) electrons. The number of hydrogen-bond donors (Lipinski definition) is 4. The molecule has 0 bridgehead atoms. The van der Waals surface area contributed by atoms with Gasteiger partial charge in [-0.15, -0.1) is 0 Å². The highest BCUT2D eigenvalue weighted by Crippen LogP contribution is 2.32. The van der Waals surface area contributed by atoms with E-state index in [0.717, 1.165) is 11.1 Å². The number of rotatable bonds is 32. The summed E-state index contributed by atoms with van der Waals surface area (Å²) in [7, 11) is 0. The highest BCUT2D eigenvalue weighted by Gasteiger charge is 2.19. The molecule has 22 nitrogen and oxygen atoms in total. The van der Waals surface area contributed by atoms with Crippen LogP contribution in [0.2, 0.25) is 0 Å². The van der Waals surface area contributed by atoms with Gasteiger partial charge in [0, 0.05) is 43.4 Å². The van der Waals surface area contributed by atoms with Gasteiger partial charge >= 0.3 is 0 Å². The zero-order valence-corrected chi connectivity index (χ0v) is 34.4. The SMILES string of the molecule is CC(=O)NCCOCCOCCOCCOCCOCCOCCOCCOCCC(=O)NCc1ncc(Cn2nc(-c3ccc4oc(N)nc4c3)c3c(N)ncnc32)cn1. The normalized spacial score (nSPS) is 11.5. The first-order chi connectivity index (χ1) is 29.9. The Balaban J connectivity index is 0.816. The predicted octanol–water partition coefficient (Wildman–Crippen LogP) is 0.912. The van der Waals surface area contributed by atoms with Gasteiger partial charge in [-0.3, -0.25) is 9.59 Å². The van der Waals surface area contributed by atoms with Gasteiger partial charge in [0.2, 0.25) is 11.8 Å². The lowest BCUT2D eigenvalue weighted by Crippen LogP contribution is -2.25. The lowest BCUT2D eigenvalue weighted by molar-refractivity contribution is -0.122. The van der Waals surface area contributed by atoms with Crippen molar-refractivity contribution in [2.45, 2.75) is 26.4 Å². The quantitative estimate of drug-likeness (QED) is 0.0438. The molecule has 0 atom stereocenters. The molecular formula is C39H55N11O11. The van der Waals surface area contributed by atoms with Gasteiger partial charge in [-0.25, -0.2) is 24.6 Å². The number of nitrogens with one attached hydrogen (secondary N) is 2. The van der Waals surface area contributed by atoms with E-state index in [1.54, 1.807) is 23.1 Å². The van der Waals surface area contributed by atoms with Crippen LogP contribution >= 0.6 is 0 Å². The van der Waals surface area contributed by atoms with Crippen molar-refractivity contribution in [1.82, 2.24) is 45.3 Å². The number of nitrogen functional groups attached to an aromatic ring is 2. The van der Waals surface area contributed by atoms with Crippen LogP contribution in [-0.4, -0.2) is 159 Å². The fourth-order valence-electron chi connectivity index (χ4n) is 5.53. The second-order valence-electron chi connectivity index (χ2n) is 13.1. The van der Waals surface area contributed by atoms with Gasteiger partial charge < -0.3 is 64.4 Å². The Morgan fingerprint density at radius 1 is 0.705 bits per heavy atom. The average Bonchev–Trinajstić information content (AvgIpc) is 3.82. The van der Waals surface area contributed by atoms with Gasteiger partial charge in [0.1, 0.15) is 29.2 Å². The number of ether oxygens (including phenoxy) is 8. The van der Waals surface area contributed by atoms with Crippen LogP contribution in [-0.2, 0) is 60.6 Å². The van der Waals surface area contributed by atoms with Gasteiger partial charge in [0.15, 0.2) is 11.2 Å². The van der Waals surface area contributed by atoms with Gasteiger partial charge in [-0.1, -0.05) is 0 Å². The van der Waals surface area contributed by atoms with Crippen LogP contribution in [0.3, 0.4) is 0 Å². The molecule has 1 aromatic carbocycles. The second-order valence-corrected chi connectivity index (χ2v) is 13.1. The molecule has 0 aliphatic heterocycles. The molecule has 0 spiro atoms. The molecule has 4 heterocycles. The van der Waals surface area contributed by atoms with Gasteiger partial charge in [0.05, 0.1) is 124 Å². The number of nitrogens with two attached hydrogens (primary N) is 2. The van der Waals surface area contributed by atoms with Crippen molar-refractivity contribution >= 4 is 45.8 Å². The lowest BCUT2D eigenvalue weighted by atomic mass is 10.1. The number of fused-ring (bicyclic) bond motifs is 2. The molecule has 0 saturated carbocycles. The summed E-state index contributed by atoms with van der Waals surface area (Å²) in [6.07, 6.45) is 4.93. The number of hydrogen-bond acceptors (Lipinski definition) is 19. The molecule has 0 aliphatic carbocycles. The minimum atomic E-state index is -0.183. The van der Waals surface area contributed by atoms with E-state index in [4.69, 9.17) is 58.9 Å². The molecule has 332 valence electrons. The predicted molar refractivity (Wildman–Crippen MR) is 220 cm³/mol. The van der Waals surface area contributed by atoms with Gasteiger partial charge in [0.25, 0.3) is 6.01 Å². The molecule has 5 aromatic rings. The number of nitrogens with zero attached hydrogens (tertiary/aromatic N) is 7. The standard InChI is InChI=1S/C39H55N11O11/c1-28(51)42-5-7-54-9-11-56-13-15-58-17-19-60-21-20-59-18-16-57-14-12-55-10-8-53-6-4-34(52)45-25-33-43-23-29(24-44-33)26-50-38-35(37(40)46-27-47-38)36(49-50)30-2-3-32-31(22-30)48-39(41)61-32/h2-3,22-24,27H,4-21,25-26H2,1H3,(H2,41,48)(H,42,51)(H,45,52)(H2,40,46,47). The van der Waals surface area contributed by atoms with Gasteiger partial charge in [-0.2, -0.15) is 10.1 Å². The first kappa shape index (κ1) is 46.6. The molecule has 0 unspecified atom stereocenters. The summed E-state index contributed by atoms with van der Waals surface area (Å²) in [5.74, 6) is 0.496. The van der Waals surface area contributed by atoms with Gasteiger partial charge in [-0.05, 0) is 18.2 Å². The number of oxazole rings is 1. The Morgan fingerprint density at radius 3 is 1.84 bits per heavy atom. The molecular weight excluding hydrogens is 798 g/mol. The number of benzene rings is 1. The van der Waals surface area contributed by atoms with Crippen LogP contribution in [0.5, 0.6) is 0 Å². The second kappa shape index (κ2) is 26.7. The monoisotopic (exact) mass is 853 g/mol. The smallest absolute Gasteiger partial charge is 0.292 e. The van der Waals surface area contributed by atoms with E-state index >= 15 is 0 Å². The first-order valence-corrected chi connectivity index (χ1v) is 19.9. The minimum Gasteiger partial charge on any atom is -0.424 e. The van der Waals surface area contributed by atoms with Crippen molar-refractivity contribution in [2.24, 2.45) is 0 Å². The summed E-state index contributed by atoms with van der Waals surface area (Å²) in [5.41, 5.74) is 15.8. The van der Waals surface area contributed by atoms with Crippen LogP contribution in [0.25, 0.3) is 33.4 Å². The topological polar surface area (TPSA) is 279 Å². The number of carbonyl (C=O) groups is 2. The van der Waals surface area contributed by atoms with Crippen LogP contribution in [0, 0.1) is 0 Å². The zero-order chi connectivity index (χ0) is 42.9. The fourth-order valence-corrected chi connectivity index (χ4v) is 5.53. The minimum absolute atomic E-state index is 0.0724. The summed E-state index contributed by atoms with van der Waals surface area (Å²) in [6.45, 7) is 9.43. The third-order valence-corrected chi connectivity index (χ3v) is 8.47. The largest absolute Gasteiger partial charge is 0.424 e. The van der Waals surface area contributed by atoms with E-state index in [1.807, 2.05) is 12.1 Å². The molecule has 0 fully saturated rings.